The predicted molar refractivity (Wildman–Crippen MR) is 125 cm³/mol. The molecule has 2 unspecified atom stereocenters. The minimum Gasteiger partial charge on any atom is -0.355 e. The smallest absolute Gasteiger partial charge is 0.266 e. The molecule has 0 fully saturated rings. The Balaban J connectivity index is 2.07. The van der Waals surface area contributed by atoms with Crippen LogP contribution in [-0.4, -0.2) is 27.3 Å². The van der Waals surface area contributed by atoms with Crippen LogP contribution in [0.4, 0.5) is 0 Å². The molecule has 1 amide bonds. The molecule has 0 bridgehead atoms. The van der Waals surface area contributed by atoms with Crippen LogP contribution in [0.25, 0.3) is 16.6 Å². The highest BCUT2D eigenvalue weighted by Gasteiger charge is 2.20. The first-order valence-corrected chi connectivity index (χ1v) is 11.4. The van der Waals surface area contributed by atoms with E-state index in [1.165, 1.54) is 17.3 Å². The van der Waals surface area contributed by atoms with Crippen molar-refractivity contribution in [3.8, 4) is 5.69 Å². The second kappa shape index (κ2) is 9.94. The second-order valence-electron chi connectivity index (χ2n) is 7.50. The van der Waals surface area contributed by atoms with Crippen LogP contribution < -0.4 is 10.9 Å². The number of rotatable bonds is 8. The molecule has 0 radical (unpaired) electrons. The van der Waals surface area contributed by atoms with Crippen LogP contribution in [0.2, 0.25) is 0 Å². The van der Waals surface area contributed by atoms with Gasteiger partial charge in [-0.05, 0) is 55.5 Å². The van der Waals surface area contributed by atoms with Crippen LogP contribution >= 0.6 is 11.8 Å². The summed E-state index contributed by atoms with van der Waals surface area (Å²) < 4.78 is 1.62. The predicted octanol–water partition coefficient (Wildman–Crippen LogP) is 4.91. The van der Waals surface area contributed by atoms with E-state index in [0.29, 0.717) is 28.5 Å². The highest BCUT2D eigenvalue weighted by molar-refractivity contribution is 8.00. The van der Waals surface area contributed by atoms with Crippen molar-refractivity contribution in [3.63, 3.8) is 0 Å². The molecule has 0 aliphatic carbocycles. The van der Waals surface area contributed by atoms with E-state index < -0.39 is 0 Å². The zero-order chi connectivity index (χ0) is 21.7. The van der Waals surface area contributed by atoms with E-state index in [-0.39, 0.29) is 16.7 Å². The Kier molecular flexibility index (Phi) is 7.32. The van der Waals surface area contributed by atoms with Crippen LogP contribution in [0.3, 0.4) is 0 Å². The van der Waals surface area contributed by atoms with E-state index in [9.17, 15) is 9.59 Å². The number of hydrogen-bond acceptors (Lipinski definition) is 4. The lowest BCUT2D eigenvalue weighted by Crippen LogP contribution is -2.32. The molecule has 0 aliphatic heterocycles. The summed E-state index contributed by atoms with van der Waals surface area (Å²) in [4.78, 5) is 30.5. The van der Waals surface area contributed by atoms with Gasteiger partial charge < -0.3 is 5.32 Å². The summed E-state index contributed by atoms with van der Waals surface area (Å²) in [5.74, 6) is 0.407. The fourth-order valence-corrected chi connectivity index (χ4v) is 4.16. The number of amides is 1. The molecule has 158 valence electrons. The summed E-state index contributed by atoms with van der Waals surface area (Å²) in [5.41, 5.74) is 2.51. The molecule has 0 aliphatic rings. The summed E-state index contributed by atoms with van der Waals surface area (Å²) in [6.45, 7) is 8.85. The van der Waals surface area contributed by atoms with E-state index in [1.807, 2.05) is 44.2 Å². The molecule has 2 atom stereocenters. The Morgan fingerprint density at radius 1 is 1.10 bits per heavy atom. The molecule has 0 saturated carbocycles. The van der Waals surface area contributed by atoms with Crippen molar-refractivity contribution >= 4 is 28.6 Å². The fourth-order valence-electron chi connectivity index (χ4n) is 3.21. The summed E-state index contributed by atoms with van der Waals surface area (Å²) in [7, 11) is 0. The average molecular weight is 424 g/mol. The van der Waals surface area contributed by atoms with Gasteiger partial charge in [-0.25, -0.2) is 4.98 Å². The van der Waals surface area contributed by atoms with Crippen molar-refractivity contribution < 1.29 is 4.79 Å². The maximum Gasteiger partial charge on any atom is 0.266 e. The molecule has 1 aromatic heterocycles. The SMILES string of the molecule is CCCNC(=O)C(C)Sc1nc2ccccc2c(=O)n1-c1ccc(C(C)CC)cc1. The third-order valence-corrected chi connectivity index (χ3v) is 6.33. The fraction of sp³-hybridized carbons (Fsp3) is 0.375. The van der Waals surface area contributed by atoms with Crippen LogP contribution in [0.15, 0.2) is 58.5 Å². The van der Waals surface area contributed by atoms with Crippen molar-refractivity contribution in [1.29, 1.82) is 0 Å². The molecule has 0 spiro atoms. The number of hydrogen-bond donors (Lipinski definition) is 1. The number of nitrogens with one attached hydrogen (secondary N) is 1. The van der Waals surface area contributed by atoms with Crippen LogP contribution in [-0.2, 0) is 4.79 Å². The first-order chi connectivity index (χ1) is 14.5. The van der Waals surface area contributed by atoms with Crippen molar-refractivity contribution in [2.75, 3.05) is 6.54 Å². The largest absolute Gasteiger partial charge is 0.355 e. The van der Waals surface area contributed by atoms with Crippen molar-refractivity contribution in [2.24, 2.45) is 0 Å². The van der Waals surface area contributed by atoms with Crippen LogP contribution in [0.5, 0.6) is 0 Å². The number of fused-ring (bicyclic) bond motifs is 1. The van der Waals surface area contributed by atoms with Crippen molar-refractivity contribution in [1.82, 2.24) is 14.9 Å². The Morgan fingerprint density at radius 2 is 1.80 bits per heavy atom. The van der Waals surface area contributed by atoms with Gasteiger partial charge in [0.1, 0.15) is 0 Å². The minimum absolute atomic E-state index is 0.0528. The molecule has 3 rings (SSSR count). The molecule has 0 saturated heterocycles. The summed E-state index contributed by atoms with van der Waals surface area (Å²) in [5, 5.41) is 3.64. The molecule has 1 heterocycles. The molecule has 5 nitrogen and oxygen atoms in total. The zero-order valence-corrected chi connectivity index (χ0v) is 18.8. The Labute approximate surface area is 181 Å². The van der Waals surface area contributed by atoms with Gasteiger partial charge >= 0.3 is 0 Å². The molecular formula is C24H29N3O2S. The Bertz CT molecular complexity index is 1080. The lowest BCUT2D eigenvalue weighted by molar-refractivity contribution is -0.120. The van der Waals surface area contributed by atoms with E-state index in [1.54, 1.807) is 10.6 Å². The number of aromatic nitrogens is 2. The highest BCUT2D eigenvalue weighted by Crippen LogP contribution is 2.26. The van der Waals surface area contributed by atoms with E-state index in [2.05, 4.69) is 31.3 Å². The first kappa shape index (κ1) is 22.1. The molecule has 3 aromatic rings. The molecule has 1 N–H and O–H groups in total. The van der Waals surface area contributed by atoms with Gasteiger partial charge in [0.2, 0.25) is 5.91 Å². The second-order valence-corrected chi connectivity index (χ2v) is 8.81. The minimum atomic E-state index is -0.366. The van der Waals surface area contributed by atoms with Gasteiger partial charge in [-0.2, -0.15) is 0 Å². The number of para-hydroxylation sites is 1. The van der Waals surface area contributed by atoms with Gasteiger partial charge in [-0.15, -0.1) is 0 Å². The van der Waals surface area contributed by atoms with Crippen LogP contribution in [0, 0.1) is 0 Å². The third kappa shape index (κ3) is 4.75. The molecule has 30 heavy (non-hydrogen) atoms. The van der Waals surface area contributed by atoms with Gasteiger partial charge in [0.15, 0.2) is 5.16 Å². The lowest BCUT2D eigenvalue weighted by atomic mass is 9.98. The topological polar surface area (TPSA) is 64.0 Å². The van der Waals surface area contributed by atoms with Crippen molar-refractivity contribution in [3.05, 3.63) is 64.4 Å². The average Bonchev–Trinajstić information content (AvgIpc) is 2.77. The lowest BCUT2D eigenvalue weighted by Gasteiger charge is -2.17. The monoisotopic (exact) mass is 423 g/mol. The molecule has 6 heteroatoms. The third-order valence-electron chi connectivity index (χ3n) is 5.28. The van der Waals surface area contributed by atoms with Crippen LogP contribution in [0.1, 0.15) is 52.0 Å². The number of nitrogens with zero attached hydrogens (tertiary/aromatic N) is 2. The number of benzene rings is 2. The van der Waals surface area contributed by atoms with E-state index >= 15 is 0 Å². The Morgan fingerprint density at radius 3 is 2.47 bits per heavy atom. The summed E-state index contributed by atoms with van der Waals surface area (Å²) in [6, 6.07) is 15.4. The number of thioether (sulfide) groups is 1. The quantitative estimate of drug-likeness (QED) is 0.413. The van der Waals surface area contributed by atoms with Gasteiger partial charge in [0.05, 0.1) is 21.8 Å². The van der Waals surface area contributed by atoms with Gasteiger partial charge in [0, 0.05) is 6.54 Å². The Hall–Kier alpha value is -2.60. The highest BCUT2D eigenvalue weighted by atomic mass is 32.2. The first-order valence-electron chi connectivity index (χ1n) is 10.5. The molecular weight excluding hydrogens is 394 g/mol. The maximum atomic E-state index is 13.4. The maximum absolute atomic E-state index is 13.4. The molecule has 2 aromatic carbocycles. The summed E-state index contributed by atoms with van der Waals surface area (Å²) >= 11 is 1.31. The number of carbonyl (C=O) groups excluding carboxylic acids is 1. The van der Waals surface area contributed by atoms with Crippen molar-refractivity contribution in [2.45, 2.75) is 56.9 Å². The standard InChI is InChI=1S/C24H29N3O2S/c1-5-15-25-22(28)17(4)30-24-26-21-10-8-7-9-20(21)23(29)27(24)19-13-11-18(12-14-19)16(3)6-2/h7-14,16-17H,5-6,15H2,1-4H3,(H,25,28). The van der Waals surface area contributed by atoms with Gasteiger partial charge in [0.25, 0.3) is 5.56 Å². The van der Waals surface area contributed by atoms with E-state index in [4.69, 9.17) is 4.98 Å². The number of carbonyl (C=O) groups is 1. The van der Waals surface area contributed by atoms with E-state index in [0.717, 1.165) is 18.5 Å². The van der Waals surface area contributed by atoms with Gasteiger partial charge in [-0.3, -0.25) is 14.2 Å². The summed E-state index contributed by atoms with van der Waals surface area (Å²) in [6.07, 6.45) is 1.94. The zero-order valence-electron chi connectivity index (χ0n) is 18.0. The normalized spacial score (nSPS) is 13.2. The van der Waals surface area contributed by atoms with Gasteiger partial charge in [-0.1, -0.05) is 56.8 Å².